The van der Waals surface area contributed by atoms with Crippen molar-refractivity contribution in [3.63, 3.8) is 0 Å². The summed E-state index contributed by atoms with van der Waals surface area (Å²) in [6.07, 6.45) is 3.31. The van der Waals surface area contributed by atoms with Crippen molar-refractivity contribution in [3.05, 3.63) is 82.7 Å². The van der Waals surface area contributed by atoms with Gasteiger partial charge in [-0.25, -0.2) is 9.37 Å². The summed E-state index contributed by atoms with van der Waals surface area (Å²) >= 11 is 3.14. The van der Waals surface area contributed by atoms with E-state index in [9.17, 15) is 9.18 Å². The van der Waals surface area contributed by atoms with Gasteiger partial charge in [0.15, 0.2) is 11.6 Å². The highest BCUT2D eigenvalue weighted by molar-refractivity contribution is 7.20. The van der Waals surface area contributed by atoms with Crippen LogP contribution in [-0.2, 0) is 17.8 Å². The van der Waals surface area contributed by atoms with Gasteiger partial charge in [-0.2, -0.15) is 0 Å². The lowest BCUT2D eigenvalue weighted by molar-refractivity contribution is -0.120. The van der Waals surface area contributed by atoms with Gasteiger partial charge in [0.2, 0.25) is 5.91 Å². The minimum atomic E-state index is -0.499. The Hall–Kier alpha value is -3.10. The van der Waals surface area contributed by atoms with Crippen LogP contribution in [0.3, 0.4) is 0 Å². The second-order valence-electron chi connectivity index (χ2n) is 6.13. The van der Waals surface area contributed by atoms with E-state index in [1.807, 2.05) is 22.9 Å². The van der Waals surface area contributed by atoms with Gasteiger partial charge in [-0.15, -0.1) is 22.7 Å². The number of thiazole rings is 1. The summed E-state index contributed by atoms with van der Waals surface area (Å²) in [7, 11) is 0. The van der Waals surface area contributed by atoms with Gasteiger partial charge in [-0.1, -0.05) is 12.1 Å². The lowest BCUT2D eigenvalue weighted by atomic mass is 10.2. The van der Waals surface area contributed by atoms with Crippen molar-refractivity contribution in [2.45, 2.75) is 13.0 Å². The Morgan fingerprint density at radius 2 is 2.10 bits per heavy atom. The number of pyridine rings is 1. The molecule has 3 heterocycles. The molecule has 1 N–H and O–H groups in total. The average molecular weight is 426 g/mol. The quantitative estimate of drug-likeness (QED) is 0.450. The Labute approximate surface area is 174 Å². The zero-order valence-corrected chi connectivity index (χ0v) is 16.8. The lowest BCUT2D eigenvalue weighted by Crippen LogP contribution is -2.24. The molecule has 0 radical (unpaired) electrons. The Morgan fingerprint density at radius 1 is 1.17 bits per heavy atom. The molecule has 3 aromatic heterocycles. The number of ether oxygens (including phenoxy) is 1. The van der Waals surface area contributed by atoms with Gasteiger partial charge in [0.1, 0.15) is 10.8 Å². The van der Waals surface area contributed by atoms with E-state index < -0.39 is 5.82 Å². The lowest BCUT2D eigenvalue weighted by Gasteiger charge is -2.09. The fraction of sp³-hybridized carbons (Fsp3) is 0.0952. The standard InChI is InChI=1S/C21H16FN3O2S2/c22-17-9-14(5-6-18(17)27-16-3-1-7-23-12-16)11-24-20(26)10-15-13-29-21(25-15)19-4-2-8-28-19/h1-9,12-13H,10-11H2,(H,24,26). The van der Waals surface area contributed by atoms with Gasteiger partial charge in [0.05, 0.1) is 23.2 Å². The van der Waals surface area contributed by atoms with Crippen LogP contribution in [-0.4, -0.2) is 15.9 Å². The van der Waals surface area contributed by atoms with Gasteiger partial charge >= 0.3 is 0 Å². The van der Waals surface area contributed by atoms with Gasteiger partial charge in [0, 0.05) is 18.1 Å². The molecule has 0 saturated heterocycles. The van der Waals surface area contributed by atoms with Crippen molar-refractivity contribution in [2.24, 2.45) is 0 Å². The number of amides is 1. The molecule has 146 valence electrons. The maximum Gasteiger partial charge on any atom is 0.226 e. The highest BCUT2D eigenvalue weighted by Gasteiger charge is 2.11. The number of benzene rings is 1. The molecular formula is C21H16FN3O2S2. The van der Waals surface area contributed by atoms with E-state index in [-0.39, 0.29) is 24.6 Å². The van der Waals surface area contributed by atoms with Crippen molar-refractivity contribution >= 4 is 28.6 Å². The van der Waals surface area contributed by atoms with Crippen molar-refractivity contribution in [1.82, 2.24) is 15.3 Å². The number of hydrogen-bond donors (Lipinski definition) is 1. The Morgan fingerprint density at radius 3 is 2.86 bits per heavy atom. The van der Waals surface area contributed by atoms with Gasteiger partial charge in [-0.05, 0) is 41.3 Å². The van der Waals surface area contributed by atoms with Crippen LogP contribution in [0.25, 0.3) is 9.88 Å². The number of hydrogen-bond acceptors (Lipinski definition) is 6. The van der Waals surface area contributed by atoms with Crippen LogP contribution in [0.1, 0.15) is 11.3 Å². The number of thiophene rings is 1. The van der Waals surface area contributed by atoms with Crippen molar-refractivity contribution in [1.29, 1.82) is 0 Å². The van der Waals surface area contributed by atoms with E-state index in [2.05, 4.69) is 15.3 Å². The van der Waals surface area contributed by atoms with E-state index in [0.717, 1.165) is 15.6 Å². The van der Waals surface area contributed by atoms with Crippen molar-refractivity contribution < 1.29 is 13.9 Å². The first kappa shape index (κ1) is 19.2. The SMILES string of the molecule is O=C(Cc1csc(-c2cccs2)n1)NCc1ccc(Oc2cccnc2)c(F)c1. The van der Waals surface area contributed by atoms with E-state index in [1.165, 1.54) is 29.7 Å². The van der Waals surface area contributed by atoms with E-state index in [1.54, 1.807) is 35.7 Å². The van der Waals surface area contributed by atoms with E-state index in [4.69, 9.17) is 4.74 Å². The summed E-state index contributed by atoms with van der Waals surface area (Å²) in [6.45, 7) is 0.227. The van der Waals surface area contributed by atoms with Crippen LogP contribution < -0.4 is 10.1 Å². The number of nitrogens with one attached hydrogen (secondary N) is 1. The van der Waals surface area contributed by atoms with Crippen LogP contribution in [0.5, 0.6) is 11.5 Å². The third kappa shape index (κ3) is 5.04. The normalized spacial score (nSPS) is 10.7. The first-order valence-corrected chi connectivity index (χ1v) is 10.5. The molecule has 0 saturated carbocycles. The zero-order valence-electron chi connectivity index (χ0n) is 15.2. The molecule has 0 spiro atoms. The van der Waals surface area contributed by atoms with Crippen LogP contribution in [0.4, 0.5) is 4.39 Å². The molecule has 1 amide bonds. The van der Waals surface area contributed by atoms with Gasteiger partial charge in [0.25, 0.3) is 0 Å². The molecule has 0 aliphatic heterocycles. The Bertz CT molecular complexity index is 1100. The monoisotopic (exact) mass is 425 g/mol. The van der Waals surface area contributed by atoms with Crippen molar-refractivity contribution in [3.8, 4) is 21.4 Å². The zero-order chi connectivity index (χ0) is 20.1. The molecule has 4 rings (SSSR count). The summed E-state index contributed by atoms with van der Waals surface area (Å²) in [6, 6.07) is 12.0. The summed E-state index contributed by atoms with van der Waals surface area (Å²) < 4.78 is 19.7. The minimum absolute atomic E-state index is 0.108. The predicted molar refractivity (Wildman–Crippen MR) is 112 cm³/mol. The van der Waals surface area contributed by atoms with Crippen LogP contribution in [0.2, 0.25) is 0 Å². The molecule has 1 aromatic carbocycles. The minimum Gasteiger partial charge on any atom is -0.453 e. The van der Waals surface area contributed by atoms with E-state index in [0.29, 0.717) is 11.3 Å². The molecule has 0 aliphatic carbocycles. The third-order valence-corrected chi connectivity index (χ3v) is 5.90. The van der Waals surface area contributed by atoms with Crippen molar-refractivity contribution in [2.75, 3.05) is 0 Å². The van der Waals surface area contributed by atoms with Gasteiger partial charge in [-0.3, -0.25) is 9.78 Å². The number of halogens is 1. The molecule has 0 fully saturated rings. The highest BCUT2D eigenvalue weighted by atomic mass is 32.1. The molecule has 8 heteroatoms. The Balaban J connectivity index is 1.32. The molecular weight excluding hydrogens is 409 g/mol. The Kier molecular flexibility index (Phi) is 5.92. The third-order valence-electron chi connectivity index (χ3n) is 3.97. The summed E-state index contributed by atoms with van der Waals surface area (Å²) in [5, 5.41) is 7.59. The number of carbonyl (C=O) groups is 1. The topological polar surface area (TPSA) is 64.1 Å². The van der Waals surface area contributed by atoms with Crippen LogP contribution in [0.15, 0.2) is 65.6 Å². The maximum atomic E-state index is 14.3. The summed E-state index contributed by atoms with van der Waals surface area (Å²) in [4.78, 5) is 21.7. The fourth-order valence-electron chi connectivity index (χ4n) is 2.60. The van der Waals surface area contributed by atoms with E-state index >= 15 is 0 Å². The second-order valence-corrected chi connectivity index (χ2v) is 7.94. The second kappa shape index (κ2) is 8.93. The number of carbonyl (C=O) groups excluding carboxylic acids is 1. The predicted octanol–water partition coefficient (Wildman–Crippen LogP) is 5.06. The molecule has 0 aliphatic rings. The van der Waals surface area contributed by atoms with Crippen LogP contribution >= 0.6 is 22.7 Å². The molecule has 0 atom stereocenters. The molecule has 0 unspecified atom stereocenters. The average Bonchev–Trinajstić information content (AvgIpc) is 3.41. The first-order valence-electron chi connectivity index (χ1n) is 8.78. The maximum absolute atomic E-state index is 14.3. The highest BCUT2D eigenvalue weighted by Crippen LogP contribution is 2.28. The first-order chi connectivity index (χ1) is 14.2. The van der Waals surface area contributed by atoms with Gasteiger partial charge < -0.3 is 10.1 Å². The molecule has 4 aromatic rings. The van der Waals surface area contributed by atoms with Crippen LogP contribution in [0, 0.1) is 5.82 Å². The molecule has 29 heavy (non-hydrogen) atoms. The number of nitrogens with zero attached hydrogens (tertiary/aromatic N) is 2. The molecule has 5 nitrogen and oxygen atoms in total. The molecule has 0 bridgehead atoms. The number of rotatable bonds is 7. The largest absolute Gasteiger partial charge is 0.453 e. The fourth-order valence-corrected chi connectivity index (χ4v) is 4.23. The smallest absolute Gasteiger partial charge is 0.226 e. The summed E-state index contributed by atoms with van der Waals surface area (Å²) in [5.41, 5.74) is 1.37. The number of aromatic nitrogens is 2. The summed E-state index contributed by atoms with van der Waals surface area (Å²) in [5.74, 6) is -0.0980.